The molecule has 1 fully saturated rings. The van der Waals surface area contributed by atoms with Gasteiger partial charge in [-0.25, -0.2) is 0 Å². The maximum atomic E-state index is 12.4. The molecule has 0 aliphatic carbocycles. The summed E-state index contributed by atoms with van der Waals surface area (Å²) in [6.07, 6.45) is 2.33. The van der Waals surface area contributed by atoms with Crippen molar-refractivity contribution in [1.29, 1.82) is 0 Å². The van der Waals surface area contributed by atoms with E-state index in [0.717, 1.165) is 25.9 Å². The van der Waals surface area contributed by atoms with Crippen molar-refractivity contribution in [3.05, 3.63) is 17.7 Å². The van der Waals surface area contributed by atoms with Crippen LogP contribution in [0.15, 0.2) is 12.1 Å². The van der Waals surface area contributed by atoms with Crippen molar-refractivity contribution in [2.45, 2.75) is 12.8 Å². The largest absolute Gasteiger partial charge is 0.493 e. The highest BCUT2D eigenvalue weighted by Gasteiger charge is 2.23. The molecule has 0 radical (unpaired) electrons. The minimum atomic E-state index is 0.0460. The Bertz CT molecular complexity index is 481. The Hall–Kier alpha value is -1.75. The van der Waals surface area contributed by atoms with Gasteiger partial charge in [0.2, 0.25) is 5.75 Å². The standard InChI is InChI=1S/C15H21NO4/c1-18-13-7-6-11(14(19-2)15(13)20-3)12(17)10-16-8-4-5-9-16/h6-7H,4-5,8-10H2,1-3H3. The van der Waals surface area contributed by atoms with E-state index in [2.05, 4.69) is 4.90 Å². The third-order valence-corrected chi connectivity index (χ3v) is 3.57. The topological polar surface area (TPSA) is 48.0 Å². The number of carbonyl (C=O) groups is 1. The Labute approximate surface area is 119 Å². The molecular weight excluding hydrogens is 258 g/mol. The first-order chi connectivity index (χ1) is 9.71. The van der Waals surface area contributed by atoms with E-state index in [0.29, 0.717) is 29.4 Å². The molecule has 1 aliphatic rings. The van der Waals surface area contributed by atoms with Gasteiger partial charge in [0, 0.05) is 0 Å². The van der Waals surface area contributed by atoms with E-state index >= 15 is 0 Å². The average molecular weight is 279 g/mol. The van der Waals surface area contributed by atoms with Crippen LogP contribution in [0.5, 0.6) is 17.2 Å². The van der Waals surface area contributed by atoms with E-state index in [1.165, 1.54) is 14.2 Å². The summed E-state index contributed by atoms with van der Waals surface area (Å²) >= 11 is 0. The summed E-state index contributed by atoms with van der Waals surface area (Å²) in [4.78, 5) is 14.6. The van der Waals surface area contributed by atoms with E-state index in [9.17, 15) is 4.79 Å². The van der Waals surface area contributed by atoms with Crippen LogP contribution in [0.25, 0.3) is 0 Å². The van der Waals surface area contributed by atoms with Crippen LogP contribution in [0.2, 0.25) is 0 Å². The molecule has 0 aromatic heterocycles. The molecule has 0 spiro atoms. The summed E-state index contributed by atoms with van der Waals surface area (Å²) in [6.45, 7) is 2.40. The Morgan fingerprint density at radius 2 is 1.70 bits per heavy atom. The van der Waals surface area contributed by atoms with Gasteiger partial charge in [0.05, 0.1) is 33.4 Å². The highest BCUT2D eigenvalue weighted by atomic mass is 16.5. The van der Waals surface area contributed by atoms with Crippen molar-refractivity contribution in [3.8, 4) is 17.2 Å². The van der Waals surface area contributed by atoms with Crippen LogP contribution < -0.4 is 14.2 Å². The lowest BCUT2D eigenvalue weighted by molar-refractivity contribution is 0.0941. The molecule has 20 heavy (non-hydrogen) atoms. The Balaban J connectivity index is 2.27. The molecule has 1 saturated heterocycles. The van der Waals surface area contributed by atoms with Crippen LogP contribution in [0, 0.1) is 0 Å². The summed E-state index contributed by atoms with van der Waals surface area (Å²) in [5.41, 5.74) is 0.539. The zero-order valence-corrected chi connectivity index (χ0v) is 12.3. The van der Waals surface area contributed by atoms with Crippen molar-refractivity contribution >= 4 is 5.78 Å². The number of Topliss-reactive ketones (excluding diaryl/α,β-unsaturated/α-hetero) is 1. The molecule has 5 heteroatoms. The van der Waals surface area contributed by atoms with E-state index in [4.69, 9.17) is 14.2 Å². The highest BCUT2D eigenvalue weighted by molar-refractivity contribution is 6.01. The van der Waals surface area contributed by atoms with Crippen LogP contribution in [-0.2, 0) is 0 Å². The number of carbonyl (C=O) groups excluding carboxylic acids is 1. The quantitative estimate of drug-likeness (QED) is 0.745. The van der Waals surface area contributed by atoms with Crippen molar-refractivity contribution < 1.29 is 19.0 Å². The Kier molecular flexibility index (Phi) is 4.84. The SMILES string of the molecule is COc1ccc(C(=O)CN2CCCC2)c(OC)c1OC. The molecule has 0 saturated carbocycles. The number of hydrogen-bond donors (Lipinski definition) is 0. The second-order valence-electron chi connectivity index (χ2n) is 4.79. The minimum Gasteiger partial charge on any atom is -0.493 e. The first-order valence-electron chi connectivity index (χ1n) is 6.75. The van der Waals surface area contributed by atoms with E-state index in [1.54, 1.807) is 19.2 Å². The number of ketones is 1. The minimum absolute atomic E-state index is 0.0460. The Morgan fingerprint density at radius 1 is 1.05 bits per heavy atom. The molecule has 110 valence electrons. The van der Waals surface area contributed by atoms with Crippen LogP contribution in [0.3, 0.4) is 0 Å². The number of nitrogens with zero attached hydrogens (tertiary/aromatic N) is 1. The van der Waals surface area contributed by atoms with Crippen LogP contribution >= 0.6 is 0 Å². The van der Waals surface area contributed by atoms with E-state index in [1.807, 2.05) is 0 Å². The molecule has 1 aromatic rings. The third-order valence-electron chi connectivity index (χ3n) is 3.57. The lowest BCUT2D eigenvalue weighted by atomic mass is 10.1. The van der Waals surface area contributed by atoms with E-state index in [-0.39, 0.29) is 5.78 Å². The zero-order valence-electron chi connectivity index (χ0n) is 12.3. The second kappa shape index (κ2) is 6.61. The number of ether oxygens (including phenoxy) is 3. The molecule has 1 aliphatic heterocycles. The molecule has 2 rings (SSSR count). The van der Waals surface area contributed by atoms with Gasteiger partial charge in [-0.3, -0.25) is 9.69 Å². The summed E-state index contributed by atoms with van der Waals surface area (Å²) in [6, 6.07) is 3.47. The van der Waals surface area contributed by atoms with Gasteiger partial charge in [-0.15, -0.1) is 0 Å². The normalized spacial score (nSPS) is 15.2. The first kappa shape index (κ1) is 14.7. The summed E-state index contributed by atoms with van der Waals surface area (Å²) in [5, 5.41) is 0. The predicted molar refractivity (Wildman–Crippen MR) is 76.1 cm³/mol. The zero-order chi connectivity index (χ0) is 14.5. The fraction of sp³-hybridized carbons (Fsp3) is 0.533. The van der Waals surface area contributed by atoms with Gasteiger partial charge in [0.15, 0.2) is 17.3 Å². The van der Waals surface area contributed by atoms with Gasteiger partial charge in [-0.1, -0.05) is 0 Å². The monoisotopic (exact) mass is 279 g/mol. The van der Waals surface area contributed by atoms with Crippen LogP contribution in [-0.4, -0.2) is 51.6 Å². The molecule has 1 heterocycles. The van der Waals surface area contributed by atoms with Gasteiger partial charge in [0.1, 0.15) is 0 Å². The van der Waals surface area contributed by atoms with Crippen LogP contribution in [0.4, 0.5) is 0 Å². The van der Waals surface area contributed by atoms with Gasteiger partial charge in [0.25, 0.3) is 0 Å². The molecule has 0 N–H and O–H groups in total. The fourth-order valence-electron chi connectivity index (χ4n) is 2.55. The van der Waals surface area contributed by atoms with E-state index < -0.39 is 0 Å². The molecule has 5 nitrogen and oxygen atoms in total. The summed E-state index contributed by atoms with van der Waals surface area (Å²) < 4.78 is 15.9. The summed E-state index contributed by atoms with van der Waals surface area (Å²) in [5.74, 6) is 1.50. The van der Waals surface area contributed by atoms with Gasteiger partial charge in [-0.05, 0) is 38.1 Å². The van der Waals surface area contributed by atoms with Crippen molar-refractivity contribution in [2.75, 3.05) is 41.0 Å². The smallest absolute Gasteiger partial charge is 0.204 e. The second-order valence-corrected chi connectivity index (χ2v) is 4.79. The number of benzene rings is 1. The highest BCUT2D eigenvalue weighted by Crippen LogP contribution is 2.39. The maximum Gasteiger partial charge on any atom is 0.204 e. The van der Waals surface area contributed by atoms with Gasteiger partial charge >= 0.3 is 0 Å². The van der Waals surface area contributed by atoms with Crippen molar-refractivity contribution in [1.82, 2.24) is 4.90 Å². The lowest BCUT2D eigenvalue weighted by Crippen LogP contribution is -2.27. The average Bonchev–Trinajstić information content (AvgIpc) is 2.98. The lowest BCUT2D eigenvalue weighted by Gasteiger charge is -2.17. The molecule has 0 unspecified atom stereocenters. The Morgan fingerprint density at radius 3 is 2.25 bits per heavy atom. The number of methoxy groups -OCH3 is 3. The predicted octanol–water partition coefficient (Wildman–Crippen LogP) is 1.99. The third kappa shape index (κ3) is 2.88. The van der Waals surface area contributed by atoms with Gasteiger partial charge in [-0.2, -0.15) is 0 Å². The molecule has 0 atom stereocenters. The maximum absolute atomic E-state index is 12.4. The molecule has 0 bridgehead atoms. The van der Waals surface area contributed by atoms with Gasteiger partial charge < -0.3 is 14.2 Å². The number of rotatable bonds is 6. The fourth-order valence-corrected chi connectivity index (χ4v) is 2.55. The summed E-state index contributed by atoms with van der Waals surface area (Å²) in [7, 11) is 4.63. The number of likely N-dealkylation sites (tertiary alicyclic amines) is 1. The van der Waals surface area contributed by atoms with Crippen molar-refractivity contribution in [2.24, 2.45) is 0 Å². The molecule has 1 aromatic carbocycles. The first-order valence-corrected chi connectivity index (χ1v) is 6.75. The van der Waals surface area contributed by atoms with Crippen molar-refractivity contribution in [3.63, 3.8) is 0 Å². The van der Waals surface area contributed by atoms with Crippen LogP contribution in [0.1, 0.15) is 23.2 Å². The molecule has 0 amide bonds. The number of hydrogen-bond acceptors (Lipinski definition) is 5. The molecular formula is C15H21NO4.